The number of halogens is 1. The Bertz CT molecular complexity index is 1550. The lowest BCUT2D eigenvalue weighted by atomic mass is 10.1. The number of benzene rings is 2. The van der Waals surface area contributed by atoms with Crippen LogP contribution in [0, 0.1) is 0 Å². The number of aromatic nitrogens is 3. The topological polar surface area (TPSA) is 87.5 Å². The number of fused-ring (bicyclic) bond motifs is 1. The lowest BCUT2D eigenvalue weighted by molar-refractivity contribution is -0.114. The maximum absolute atomic E-state index is 13.7. The summed E-state index contributed by atoms with van der Waals surface area (Å²) in [6.45, 7) is 4.69. The molecule has 39 heavy (non-hydrogen) atoms. The Labute approximate surface area is 226 Å². The minimum atomic E-state index is -1.06. The third-order valence-electron chi connectivity index (χ3n) is 7.12. The van der Waals surface area contributed by atoms with Crippen molar-refractivity contribution in [2.75, 3.05) is 49.8 Å². The van der Waals surface area contributed by atoms with E-state index in [-0.39, 0.29) is 0 Å². The van der Waals surface area contributed by atoms with Crippen LogP contribution in [0.2, 0.25) is 0 Å². The largest absolute Gasteiger partial charge is 0.494 e. The first-order valence-corrected chi connectivity index (χ1v) is 12.7. The predicted molar refractivity (Wildman–Crippen MR) is 153 cm³/mol. The van der Waals surface area contributed by atoms with E-state index in [0.29, 0.717) is 29.1 Å². The van der Waals surface area contributed by atoms with Gasteiger partial charge >= 0.3 is 0 Å². The summed E-state index contributed by atoms with van der Waals surface area (Å²) in [5.74, 6) is -1.07. The third-order valence-corrected chi connectivity index (χ3v) is 7.12. The summed E-state index contributed by atoms with van der Waals surface area (Å²) < 4.78 is 21.5. The van der Waals surface area contributed by atoms with Crippen molar-refractivity contribution in [2.45, 2.75) is 12.5 Å². The highest BCUT2D eigenvalue weighted by Gasteiger charge is 2.27. The zero-order chi connectivity index (χ0) is 27.7. The molecule has 1 saturated heterocycles. The summed E-state index contributed by atoms with van der Waals surface area (Å²) in [6, 6.07) is 13.9. The first kappa shape index (κ1) is 26.2. The van der Waals surface area contributed by atoms with Gasteiger partial charge in [-0.3, -0.25) is 4.79 Å². The first-order valence-electron chi connectivity index (χ1n) is 12.7. The van der Waals surface area contributed by atoms with Crippen LogP contribution in [-0.2, 0) is 11.8 Å². The fraction of sp³-hybridized carbons (Fsp3) is 0.276. The van der Waals surface area contributed by atoms with Gasteiger partial charge < -0.3 is 29.7 Å². The lowest BCUT2D eigenvalue weighted by Gasteiger charge is -2.25. The molecule has 0 unspecified atom stereocenters. The summed E-state index contributed by atoms with van der Waals surface area (Å²) in [5, 5.41) is 6.98. The van der Waals surface area contributed by atoms with Crippen LogP contribution in [0.4, 0.5) is 27.4 Å². The molecular weight excluding hydrogens is 497 g/mol. The van der Waals surface area contributed by atoms with Crippen LogP contribution in [0.5, 0.6) is 5.75 Å². The van der Waals surface area contributed by atoms with Gasteiger partial charge in [-0.15, -0.1) is 0 Å². The molecule has 1 fully saturated rings. The van der Waals surface area contributed by atoms with Crippen LogP contribution in [0.1, 0.15) is 6.42 Å². The maximum atomic E-state index is 13.7. The number of rotatable bonds is 8. The Morgan fingerprint density at radius 3 is 2.72 bits per heavy atom. The average molecular weight is 530 g/mol. The normalized spacial score (nSPS) is 15.1. The first-order chi connectivity index (χ1) is 18.7. The molecule has 1 atom stereocenters. The van der Waals surface area contributed by atoms with Crippen molar-refractivity contribution >= 4 is 39.8 Å². The molecule has 0 spiro atoms. The van der Waals surface area contributed by atoms with E-state index in [9.17, 15) is 9.18 Å². The molecule has 1 aliphatic rings. The van der Waals surface area contributed by atoms with E-state index in [1.54, 1.807) is 19.4 Å². The van der Waals surface area contributed by atoms with Crippen LogP contribution in [0.25, 0.3) is 22.2 Å². The van der Waals surface area contributed by atoms with Gasteiger partial charge in [0.25, 0.3) is 5.91 Å². The van der Waals surface area contributed by atoms with Gasteiger partial charge in [-0.2, -0.15) is 0 Å². The number of carbonyl (C=O) groups is 1. The molecule has 5 rings (SSSR count). The van der Waals surface area contributed by atoms with Crippen LogP contribution in [-0.4, -0.2) is 65.7 Å². The van der Waals surface area contributed by atoms with E-state index in [1.807, 2.05) is 51.6 Å². The Kier molecular flexibility index (Phi) is 7.21. The quantitative estimate of drug-likeness (QED) is 0.312. The van der Waals surface area contributed by atoms with E-state index in [4.69, 9.17) is 9.72 Å². The molecule has 2 aromatic heterocycles. The molecule has 0 radical (unpaired) electrons. The van der Waals surface area contributed by atoms with Crippen molar-refractivity contribution < 1.29 is 13.9 Å². The number of hydrogen-bond donors (Lipinski definition) is 2. The molecule has 202 valence electrons. The molecule has 0 aliphatic carbocycles. The second-order valence-corrected chi connectivity index (χ2v) is 9.84. The van der Waals surface area contributed by atoms with E-state index in [1.165, 1.54) is 0 Å². The zero-order valence-corrected chi connectivity index (χ0v) is 22.5. The molecule has 2 N–H and O–H groups in total. The number of nitrogens with zero attached hydrogens (tertiary/aromatic N) is 5. The maximum Gasteiger partial charge on any atom is 0.283 e. The molecule has 0 saturated carbocycles. The van der Waals surface area contributed by atoms with Gasteiger partial charge in [0.2, 0.25) is 5.95 Å². The summed E-state index contributed by atoms with van der Waals surface area (Å²) >= 11 is 0. The van der Waals surface area contributed by atoms with Gasteiger partial charge in [-0.25, -0.2) is 14.4 Å². The molecule has 3 heterocycles. The van der Waals surface area contributed by atoms with Gasteiger partial charge in [-0.1, -0.05) is 24.8 Å². The predicted octanol–water partition coefficient (Wildman–Crippen LogP) is 4.95. The van der Waals surface area contributed by atoms with Gasteiger partial charge in [-0.05, 0) is 38.7 Å². The minimum absolute atomic E-state index is 0.354. The second kappa shape index (κ2) is 10.7. The van der Waals surface area contributed by atoms with Crippen LogP contribution >= 0.6 is 0 Å². The van der Waals surface area contributed by atoms with Crippen LogP contribution < -0.4 is 20.3 Å². The highest BCUT2D eigenvalue weighted by molar-refractivity contribution is 6.04. The second-order valence-electron chi connectivity index (χ2n) is 9.84. The number of methoxy groups -OCH3 is 1. The Morgan fingerprint density at radius 2 is 2.00 bits per heavy atom. The highest BCUT2D eigenvalue weighted by atomic mass is 19.1. The van der Waals surface area contributed by atoms with E-state index < -0.39 is 11.7 Å². The number of hydrogen-bond acceptors (Lipinski definition) is 7. The Hall–Kier alpha value is -4.44. The summed E-state index contributed by atoms with van der Waals surface area (Å²) in [7, 11) is 7.67. The summed E-state index contributed by atoms with van der Waals surface area (Å²) in [5.41, 5.74) is 4.55. The van der Waals surface area contributed by atoms with Gasteiger partial charge in [0.1, 0.15) is 5.75 Å². The molecule has 2 aromatic carbocycles. The fourth-order valence-corrected chi connectivity index (χ4v) is 5.00. The number of likely N-dealkylation sites (N-methyl/N-ethyl adjacent to an activating group) is 1. The summed E-state index contributed by atoms with van der Waals surface area (Å²) in [4.78, 5) is 25.8. The highest BCUT2D eigenvalue weighted by Crippen LogP contribution is 2.40. The smallest absolute Gasteiger partial charge is 0.283 e. The van der Waals surface area contributed by atoms with Crippen molar-refractivity contribution in [2.24, 2.45) is 7.05 Å². The average Bonchev–Trinajstić information content (AvgIpc) is 3.55. The SMILES string of the molecule is C=C(F)C(=O)Nc1cc(Nc2nccc(-c3cn(C)c4ccccc34)n2)c(OC)cc1N1CC[C@@H](N(C)C)C1. The molecule has 0 bridgehead atoms. The van der Waals surface area contributed by atoms with Crippen LogP contribution in [0.15, 0.2) is 67.3 Å². The van der Waals surface area contributed by atoms with Gasteiger partial charge in [0, 0.05) is 61.1 Å². The number of nitrogens with one attached hydrogen (secondary N) is 2. The number of aryl methyl sites for hydroxylation is 1. The monoisotopic (exact) mass is 529 g/mol. The van der Waals surface area contributed by atoms with E-state index in [0.717, 1.165) is 47.4 Å². The van der Waals surface area contributed by atoms with Crippen molar-refractivity contribution in [1.82, 2.24) is 19.4 Å². The Morgan fingerprint density at radius 1 is 1.21 bits per heavy atom. The third kappa shape index (κ3) is 5.28. The number of para-hydroxylation sites is 1. The number of amides is 1. The van der Waals surface area contributed by atoms with E-state index in [2.05, 4.69) is 48.7 Å². The standard InChI is InChI=1S/C29H32FN7O2/c1-18(30)28(38)32-23-14-24(27(39-5)15-26(23)37-13-11-19(16-37)35(2)3)34-29-31-12-10-22(33-29)21-17-36(4)25-9-7-6-8-20(21)25/h6-10,12,14-15,17,19H,1,11,13,16H2,2-5H3,(H,32,38)(H,31,33,34)/t19-/m1/s1. The minimum Gasteiger partial charge on any atom is -0.494 e. The van der Waals surface area contributed by atoms with Gasteiger partial charge in [0.15, 0.2) is 5.83 Å². The Balaban J connectivity index is 1.51. The molecule has 4 aromatic rings. The number of anilines is 4. The molecule has 1 amide bonds. The molecule has 10 heteroatoms. The van der Waals surface area contributed by atoms with Crippen molar-refractivity contribution in [3.63, 3.8) is 0 Å². The van der Waals surface area contributed by atoms with Crippen molar-refractivity contribution in [3.8, 4) is 17.0 Å². The van der Waals surface area contributed by atoms with Gasteiger partial charge in [0.05, 0.1) is 29.9 Å². The summed E-state index contributed by atoms with van der Waals surface area (Å²) in [6.07, 6.45) is 4.70. The zero-order valence-electron chi connectivity index (χ0n) is 22.5. The number of ether oxygens (including phenoxy) is 1. The number of carbonyl (C=O) groups excluding carboxylic acids is 1. The van der Waals surface area contributed by atoms with Crippen LogP contribution in [0.3, 0.4) is 0 Å². The molecule has 1 aliphatic heterocycles. The van der Waals surface area contributed by atoms with Crippen molar-refractivity contribution in [1.29, 1.82) is 0 Å². The van der Waals surface area contributed by atoms with Crippen molar-refractivity contribution in [3.05, 3.63) is 67.3 Å². The molecule has 9 nitrogen and oxygen atoms in total. The van der Waals surface area contributed by atoms with E-state index >= 15 is 0 Å². The lowest BCUT2D eigenvalue weighted by Crippen LogP contribution is -2.31. The fourth-order valence-electron chi connectivity index (χ4n) is 5.00. The molecular formula is C29H32FN7O2.